The molecular formula is C23H24N2O2. The molecule has 4 heteroatoms. The molecule has 1 saturated heterocycles. The fraction of sp³-hybridized carbons (Fsp3) is 0.348. The highest BCUT2D eigenvalue weighted by atomic mass is 16.5. The van der Waals surface area contributed by atoms with E-state index in [9.17, 15) is 0 Å². The van der Waals surface area contributed by atoms with Crippen molar-refractivity contribution in [2.24, 2.45) is 0 Å². The second-order valence-electron chi connectivity index (χ2n) is 7.32. The van der Waals surface area contributed by atoms with Crippen molar-refractivity contribution in [1.29, 1.82) is 0 Å². The number of aromatic nitrogens is 1. The molecule has 138 valence electrons. The van der Waals surface area contributed by atoms with Gasteiger partial charge in [0.25, 0.3) is 0 Å². The Bertz CT molecular complexity index is 931. The summed E-state index contributed by atoms with van der Waals surface area (Å²) in [7, 11) is 0. The van der Waals surface area contributed by atoms with Crippen LogP contribution >= 0.6 is 0 Å². The molecule has 2 heterocycles. The van der Waals surface area contributed by atoms with Crippen molar-refractivity contribution in [2.75, 3.05) is 26.3 Å². The summed E-state index contributed by atoms with van der Waals surface area (Å²) in [6.07, 6.45) is 4.08. The smallest absolute Gasteiger partial charge is 0.139 e. The zero-order valence-corrected chi connectivity index (χ0v) is 15.4. The van der Waals surface area contributed by atoms with Crippen LogP contribution in [0, 0.1) is 0 Å². The number of rotatable bonds is 3. The van der Waals surface area contributed by atoms with E-state index in [0.717, 1.165) is 55.8 Å². The molecule has 0 spiro atoms. The van der Waals surface area contributed by atoms with Crippen LogP contribution in [0.2, 0.25) is 0 Å². The van der Waals surface area contributed by atoms with E-state index < -0.39 is 0 Å². The molecule has 4 nitrogen and oxygen atoms in total. The Hall–Kier alpha value is -2.43. The fourth-order valence-corrected chi connectivity index (χ4v) is 4.44. The normalized spacial score (nSPS) is 23.1. The highest BCUT2D eigenvalue weighted by Gasteiger charge is 2.36. The molecule has 0 amide bonds. The number of morpholine rings is 1. The van der Waals surface area contributed by atoms with Gasteiger partial charge in [-0.2, -0.15) is 0 Å². The van der Waals surface area contributed by atoms with Gasteiger partial charge in [-0.1, -0.05) is 30.3 Å². The van der Waals surface area contributed by atoms with Crippen LogP contribution in [0.1, 0.15) is 23.7 Å². The molecule has 27 heavy (non-hydrogen) atoms. The van der Waals surface area contributed by atoms with Crippen LogP contribution in [0.3, 0.4) is 0 Å². The number of ether oxygens (including phenoxy) is 2. The second kappa shape index (κ2) is 7.29. The topological polar surface area (TPSA) is 34.6 Å². The lowest BCUT2D eigenvalue weighted by Gasteiger charge is -2.42. The first-order valence-electron chi connectivity index (χ1n) is 9.80. The summed E-state index contributed by atoms with van der Waals surface area (Å²) in [5, 5.41) is 1.07. The van der Waals surface area contributed by atoms with E-state index in [1.165, 1.54) is 11.1 Å². The molecule has 1 aliphatic heterocycles. The van der Waals surface area contributed by atoms with Crippen LogP contribution < -0.4 is 4.74 Å². The van der Waals surface area contributed by atoms with Crippen LogP contribution in [-0.4, -0.2) is 42.2 Å². The second-order valence-corrected chi connectivity index (χ2v) is 7.32. The van der Waals surface area contributed by atoms with Crippen molar-refractivity contribution in [3.63, 3.8) is 0 Å². The molecule has 5 rings (SSSR count). The number of hydrogen-bond donors (Lipinski definition) is 0. The standard InChI is InChI=1S/C23H24N2O2/c1-2-6-18-17(5-1)10-11-21(25-13-15-26-16-14-25)23(18)27-22-9-3-8-20-19(22)7-4-12-24-20/h1-9,12,21,23H,10-11,13-16H2/t21-,23-/m0/s1. The number of aryl methyl sites for hydroxylation is 1. The van der Waals surface area contributed by atoms with Gasteiger partial charge < -0.3 is 9.47 Å². The number of pyridine rings is 1. The quantitative estimate of drug-likeness (QED) is 0.707. The third kappa shape index (κ3) is 3.20. The van der Waals surface area contributed by atoms with Gasteiger partial charge in [-0.05, 0) is 48.2 Å². The van der Waals surface area contributed by atoms with E-state index in [0.29, 0.717) is 6.04 Å². The maximum atomic E-state index is 6.74. The molecule has 2 aliphatic rings. The Kier molecular flexibility index (Phi) is 4.52. The zero-order chi connectivity index (χ0) is 18.1. The van der Waals surface area contributed by atoms with Gasteiger partial charge in [0.15, 0.2) is 0 Å². The summed E-state index contributed by atoms with van der Waals surface area (Å²) in [5.74, 6) is 0.917. The lowest BCUT2D eigenvalue weighted by Crippen LogP contribution is -2.49. The minimum Gasteiger partial charge on any atom is -0.483 e. The summed E-state index contributed by atoms with van der Waals surface area (Å²) in [6.45, 7) is 3.57. The number of benzene rings is 2. The third-order valence-electron chi connectivity index (χ3n) is 5.79. The molecule has 2 atom stereocenters. The molecule has 0 N–H and O–H groups in total. The van der Waals surface area contributed by atoms with Crippen molar-refractivity contribution in [1.82, 2.24) is 9.88 Å². The highest BCUT2D eigenvalue weighted by Crippen LogP contribution is 2.38. The van der Waals surface area contributed by atoms with Crippen LogP contribution in [0.5, 0.6) is 5.75 Å². The molecule has 3 aromatic rings. The fourth-order valence-electron chi connectivity index (χ4n) is 4.44. The maximum Gasteiger partial charge on any atom is 0.139 e. The Morgan fingerprint density at radius 1 is 0.963 bits per heavy atom. The summed E-state index contributed by atoms with van der Waals surface area (Å²) in [6, 6.07) is 19.3. The first-order chi connectivity index (χ1) is 13.4. The van der Waals surface area contributed by atoms with E-state index >= 15 is 0 Å². The van der Waals surface area contributed by atoms with Gasteiger partial charge >= 0.3 is 0 Å². The number of fused-ring (bicyclic) bond motifs is 2. The summed E-state index contributed by atoms with van der Waals surface area (Å²) in [5.41, 5.74) is 3.70. The molecule has 0 bridgehead atoms. The van der Waals surface area contributed by atoms with E-state index in [-0.39, 0.29) is 6.10 Å². The van der Waals surface area contributed by atoms with Crippen molar-refractivity contribution in [3.05, 3.63) is 71.9 Å². The van der Waals surface area contributed by atoms with E-state index in [1.807, 2.05) is 24.4 Å². The molecule has 1 fully saturated rings. The lowest BCUT2D eigenvalue weighted by atomic mass is 9.84. The predicted molar refractivity (Wildman–Crippen MR) is 106 cm³/mol. The summed E-state index contributed by atoms with van der Waals surface area (Å²) < 4.78 is 12.3. The number of nitrogens with zero attached hydrogens (tertiary/aromatic N) is 2. The van der Waals surface area contributed by atoms with Crippen molar-refractivity contribution >= 4 is 10.9 Å². The first kappa shape index (κ1) is 16.7. The van der Waals surface area contributed by atoms with Crippen molar-refractivity contribution in [3.8, 4) is 5.75 Å². The van der Waals surface area contributed by atoms with Gasteiger partial charge in [-0.15, -0.1) is 0 Å². The molecule has 0 saturated carbocycles. The maximum absolute atomic E-state index is 6.74. The Morgan fingerprint density at radius 2 is 1.85 bits per heavy atom. The average Bonchev–Trinajstić information content (AvgIpc) is 2.75. The van der Waals surface area contributed by atoms with Gasteiger partial charge in [0.05, 0.1) is 24.8 Å². The van der Waals surface area contributed by atoms with E-state index in [2.05, 4.69) is 46.3 Å². The van der Waals surface area contributed by atoms with Crippen molar-refractivity contribution < 1.29 is 9.47 Å². The predicted octanol–water partition coefficient (Wildman–Crippen LogP) is 4.00. The Balaban J connectivity index is 1.54. The van der Waals surface area contributed by atoms with Gasteiger partial charge in [-0.3, -0.25) is 9.88 Å². The highest BCUT2D eigenvalue weighted by molar-refractivity contribution is 5.84. The van der Waals surface area contributed by atoms with Crippen molar-refractivity contribution in [2.45, 2.75) is 25.0 Å². The minimum absolute atomic E-state index is 0.0267. The summed E-state index contributed by atoms with van der Waals surface area (Å²) >= 11 is 0. The molecule has 2 aromatic carbocycles. The lowest BCUT2D eigenvalue weighted by molar-refractivity contribution is -0.0211. The van der Waals surface area contributed by atoms with Gasteiger partial charge in [-0.25, -0.2) is 0 Å². The minimum atomic E-state index is 0.0267. The first-order valence-corrected chi connectivity index (χ1v) is 9.80. The molecule has 0 unspecified atom stereocenters. The van der Waals surface area contributed by atoms with E-state index in [1.54, 1.807) is 0 Å². The number of hydrogen-bond acceptors (Lipinski definition) is 4. The van der Waals surface area contributed by atoms with E-state index in [4.69, 9.17) is 9.47 Å². The third-order valence-corrected chi connectivity index (χ3v) is 5.79. The monoisotopic (exact) mass is 360 g/mol. The molecular weight excluding hydrogens is 336 g/mol. The van der Waals surface area contributed by atoms with Crippen LogP contribution in [0.25, 0.3) is 10.9 Å². The van der Waals surface area contributed by atoms with Gasteiger partial charge in [0, 0.05) is 24.7 Å². The van der Waals surface area contributed by atoms with Crippen LogP contribution in [-0.2, 0) is 11.2 Å². The molecule has 1 aromatic heterocycles. The van der Waals surface area contributed by atoms with Gasteiger partial charge in [0.1, 0.15) is 11.9 Å². The zero-order valence-electron chi connectivity index (χ0n) is 15.4. The van der Waals surface area contributed by atoms with Gasteiger partial charge in [0.2, 0.25) is 0 Å². The van der Waals surface area contributed by atoms with Crippen LogP contribution in [0.4, 0.5) is 0 Å². The molecule has 1 aliphatic carbocycles. The SMILES string of the molecule is c1ccc2c(c1)CC[C@H](N1CCOCC1)[C@H]2Oc1cccc2ncccc12. The summed E-state index contributed by atoms with van der Waals surface area (Å²) in [4.78, 5) is 7.03. The Labute approximate surface area is 159 Å². The largest absolute Gasteiger partial charge is 0.483 e. The van der Waals surface area contributed by atoms with Crippen LogP contribution in [0.15, 0.2) is 60.8 Å². The molecule has 0 radical (unpaired) electrons. The average molecular weight is 360 g/mol. The Morgan fingerprint density at radius 3 is 2.78 bits per heavy atom.